The van der Waals surface area contributed by atoms with E-state index >= 15 is 0 Å². The van der Waals surface area contributed by atoms with Crippen molar-refractivity contribution < 1.29 is 0 Å². The topological polar surface area (TPSA) is 44.8 Å². The van der Waals surface area contributed by atoms with E-state index in [9.17, 15) is 0 Å². The van der Waals surface area contributed by atoms with Crippen LogP contribution in [0.5, 0.6) is 0 Å². The van der Waals surface area contributed by atoms with Crippen LogP contribution in [0.4, 0.5) is 5.82 Å². The minimum absolute atomic E-state index is 0.715. The summed E-state index contributed by atoms with van der Waals surface area (Å²) in [6, 6.07) is 29.5. The molecule has 0 aliphatic heterocycles. The van der Waals surface area contributed by atoms with Crippen LogP contribution in [-0.2, 0) is 19.5 Å². The number of aromatic amines is 1. The average Bonchev–Trinajstić information content (AvgIpc) is 3.31. The molecule has 0 amide bonds. The summed E-state index contributed by atoms with van der Waals surface area (Å²) in [5.74, 6) is 2.68. The molecule has 5 rings (SSSR count). The number of anilines is 1. The van der Waals surface area contributed by atoms with Crippen LogP contribution in [-0.4, -0.2) is 20.8 Å². The molecule has 0 aliphatic rings. The third-order valence-corrected chi connectivity index (χ3v) is 6.41. The molecule has 0 bridgehead atoms. The van der Waals surface area contributed by atoms with Gasteiger partial charge in [-0.05, 0) is 30.0 Å². The summed E-state index contributed by atoms with van der Waals surface area (Å²) in [4.78, 5) is 16.2. The van der Waals surface area contributed by atoms with Crippen molar-refractivity contribution in [2.24, 2.45) is 0 Å². The Morgan fingerprint density at radius 2 is 1.35 bits per heavy atom. The highest BCUT2D eigenvalue weighted by Crippen LogP contribution is 2.32. The molecule has 0 aliphatic carbocycles. The number of imidazole rings is 1. The fraction of sp³-hybridized carbons (Fsp3) is 0.241. The van der Waals surface area contributed by atoms with E-state index in [1.54, 1.807) is 0 Å². The number of aryl methyl sites for hydroxylation is 1. The molecule has 0 unspecified atom stereocenters. The highest BCUT2D eigenvalue weighted by molar-refractivity contribution is 6.17. The first-order valence-electron chi connectivity index (χ1n) is 12.0. The normalized spacial score (nSPS) is 11.3. The van der Waals surface area contributed by atoms with E-state index in [1.807, 2.05) is 6.07 Å². The van der Waals surface area contributed by atoms with Gasteiger partial charge in [0.2, 0.25) is 0 Å². The van der Waals surface area contributed by atoms with Crippen LogP contribution >= 0.6 is 11.6 Å². The maximum atomic E-state index is 5.86. The smallest absolute Gasteiger partial charge is 0.155 e. The number of unbranched alkanes of at least 4 members (excludes halogenated alkanes) is 2. The fourth-order valence-corrected chi connectivity index (χ4v) is 4.63. The quantitative estimate of drug-likeness (QED) is 0.173. The summed E-state index contributed by atoms with van der Waals surface area (Å²) in [6.07, 6.45) is 4.14. The molecule has 5 aromatic rings. The van der Waals surface area contributed by atoms with Crippen LogP contribution < -0.4 is 4.90 Å². The molecule has 34 heavy (non-hydrogen) atoms. The highest BCUT2D eigenvalue weighted by atomic mass is 35.5. The largest absolute Gasteiger partial charge is 0.346 e. The van der Waals surface area contributed by atoms with E-state index in [0.29, 0.717) is 5.88 Å². The SMILES string of the molecule is ClCCCCCc1nc2c([nH]1)c(N(Cc1ccccc1)Cc1ccccc1)nc1ccccc12. The van der Waals surface area contributed by atoms with Crippen molar-refractivity contribution in [2.75, 3.05) is 10.8 Å². The zero-order valence-corrected chi connectivity index (χ0v) is 20.0. The number of hydrogen-bond donors (Lipinski definition) is 1. The fourth-order valence-electron chi connectivity index (χ4n) is 4.44. The molecule has 0 radical (unpaired) electrons. The van der Waals surface area contributed by atoms with E-state index < -0.39 is 0 Å². The molecular formula is C29H29ClN4. The van der Waals surface area contributed by atoms with Gasteiger partial charge in [-0.3, -0.25) is 0 Å². The highest BCUT2D eigenvalue weighted by Gasteiger charge is 2.19. The Bertz CT molecular complexity index is 1310. The molecule has 0 spiro atoms. The summed E-state index contributed by atoms with van der Waals surface area (Å²) >= 11 is 5.86. The predicted octanol–water partition coefficient (Wildman–Crippen LogP) is 7.27. The number of para-hydroxylation sites is 1. The van der Waals surface area contributed by atoms with Gasteiger partial charge < -0.3 is 9.88 Å². The number of nitrogens with zero attached hydrogens (tertiary/aromatic N) is 3. The summed E-state index contributed by atoms with van der Waals surface area (Å²) in [7, 11) is 0. The van der Waals surface area contributed by atoms with Crippen molar-refractivity contribution in [1.29, 1.82) is 0 Å². The van der Waals surface area contributed by atoms with Crippen molar-refractivity contribution in [2.45, 2.75) is 38.8 Å². The molecular weight excluding hydrogens is 440 g/mol. The molecule has 0 saturated heterocycles. The van der Waals surface area contributed by atoms with Crippen molar-refractivity contribution in [3.63, 3.8) is 0 Å². The van der Waals surface area contributed by atoms with Gasteiger partial charge in [0.1, 0.15) is 16.9 Å². The molecule has 1 N–H and O–H groups in total. The summed E-state index contributed by atoms with van der Waals surface area (Å²) < 4.78 is 0. The van der Waals surface area contributed by atoms with Gasteiger partial charge in [0.25, 0.3) is 0 Å². The van der Waals surface area contributed by atoms with Gasteiger partial charge >= 0.3 is 0 Å². The second-order valence-electron chi connectivity index (χ2n) is 8.69. The Hall–Kier alpha value is -3.37. The second kappa shape index (κ2) is 10.7. The molecule has 0 fully saturated rings. The Morgan fingerprint density at radius 3 is 2.03 bits per heavy atom. The van der Waals surface area contributed by atoms with E-state index in [1.165, 1.54) is 11.1 Å². The molecule has 172 valence electrons. The Balaban J connectivity index is 1.60. The lowest BCUT2D eigenvalue weighted by Gasteiger charge is -2.25. The van der Waals surface area contributed by atoms with Crippen LogP contribution in [0.15, 0.2) is 84.9 Å². The number of nitrogens with one attached hydrogen (secondary N) is 1. The van der Waals surface area contributed by atoms with Gasteiger partial charge in [-0.15, -0.1) is 11.6 Å². The molecule has 2 aromatic heterocycles. The van der Waals surface area contributed by atoms with E-state index in [-0.39, 0.29) is 0 Å². The Kier molecular flexibility index (Phi) is 7.06. The van der Waals surface area contributed by atoms with Crippen LogP contribution in [0, 0.1) is 0 Å². The molecule has 2 heterocycles. The third kappa shape index (κ3) is 5.07. The Morgan fingerprint density at radius 1 is 0.706 bits per heavy atom. The molecule has 0 saturated carbocycles. The van der Waals surface area contributed by atoms with Gasteiger partial charge in [0, 0.05) is 30.8 Å². The molecule has 5 heteroatoms. The maximum Gasteiger partial charge on any atom is 0.155 e. The number of halogens is 1. The lowest BCUT2D eigenvalue weighted by Crippen LogP contribution is -2.23. The minimum atomic E-state index is 0.715. The monoisotopic (exact) mass is 468 g/mol. The number of benzene rings is 3. The zero-order valence-electron chi connectivity index (χ0n) is 19.3. The van der Waals surface area contributed by atoms with Crippen molar-refractivity contribution in [3.8, 4) is 0 Å². The van der Waals surface area contributed by atoms with Gasteiger partial charge in [-0.25, -0.2) is 9.97 Å². The Labute approximate surface area is 205 Å². The molecule has 4 nitrogen and oxygen atoms in total. The van der Waals surface area contributed by atoms with Gasteiger partial charge in [-0.2, -0.15) is 0 Å². The van der Waals surface area contributed by atoms with Crippen molar-refractivity contribution in [1.82, 2.24) is 15.0 Å². The first-order chi connectivity index (χ1) is 16.8. The number of alkyl halides is 1. The lowest BCUT2D eigenvalue weighted by atomic mass is 10.1. The van der Waals surface area contributed by atoms with Crippen molar-refractivity contribution >= 4 is 39.4 Å². The van der Waals surface area contributed by atoms with Crippen molar-refractivity contribution in [3.05, 3.63) is 102 Å². The predicted molar refractivity (Wildman–Crippen MR) is 142 cm³/mol. The minimum Gasteiger partial charge on any atom is -0.346 e. The zero-order chi connectivity index (χ0) is 23.2. The lowest BCUT2D eigenvalue weighted by molar-refractivity contribution is 0.703. The van der Waals surface area contributed by atoms with Crippen LogP contribution in [0.1, 0.15) is 36.2 Å². The molecule has 3 aromatic carbocycles. The van der Waals surface area contributed by atoms with Gasteiger partial charge in [0.15, 0.2) is 5.82 Å². The number of hydrogen-bond acceptors (Lipinski definition) is 3. The number of H-pyrrole nitrogens is 1. The maximum absolute atomic E-state index is 5.86. The molecule has 0 atom stereocenters. The van der Waals surface area contributed by atoms with Gasteiger partial charge in [0.05, 0.1) is 5.52 Å². The number of pyridine rings is 1. The third-order valence-electron chi connectivity index (χ3n) is 6.14. The first kappa shape index (κ1) is 22.4. The number of rotatable bonds is 10. The van der Waals surface area contributed by atoms with E-state index in [2.05, 4.69) is 88.7 Å². The second-order valence-corrected chi connectivity index (χ2v) is 9.06. The van der Waals surface area contributed by atoms with Crippen LogP contribution in [0.25, 0.3) is 21.9 Å². The van der Waals surface area contributed by atoms with Crippen LogP contribution in [0.3, 0.4) is 0 Å². The van der Waals surface area contributed by atoms with Crippen LogP contribution in [0.2, 0.25) is 0 Å². The average molecular weight is 469 g/mol. The summed E-state index contributed by atoms with van der Waals surface area (Å²) in [6.45, 7) is 1.53. The van der Waals surface area contributed by atoms with E-state index in [4.69, 9.17) is 21.6 Å². The number of aromatic nitrogens is 3. The first-order valence-corrected chi connectivity index (χ1v) is 12.5. The standard InChI is InChI=1S/C29H29ClN4/c30-19-11-3-8-18-26-32-27-24-16-9-10-17-25(24)31-29(28(27)33-26)34(20-22-12-4-1-5-13-22)21-23-14-6-2-7-15-23/h1-2,4-7,9-10,12-17H,3,8,11,18-21H2,(H,32,33). The number of fused-ring (bicyclic) bond motifs is 3. The summed E-state index contributed by atoms with van der Waals surface area (Å²) in [5, 5.41) is 1.09. The van der Waals surface area contributed by atoms with E-state index in [0.717, 1.165) is 72.4 Å². The van der Waals surface area contributed by atoms with Gasteiger partial charge in [-0.1, -0.05) is 85.3 Å². The summed E-state index contributed by atoms with van der Waals surface area (Å²) in [5.41, 5.74) is 5.48.